The Labute approximate surface area is 127 Å². The van der Waals surface area contributed by atoms with Crippen molar-refractivity contribution in [1.82, 2.24) is 15.0 Å². The summed E-state index contributed by atoms with van der Waals surface area (Å²) in [4.78, 5) is 24.3. The summed E-state index contributed by atoms with van der Waals surface area (Å²) in [6, 6.07) is 9.63. The van der Waals surface area contributed by atoms with Crippen LogP contribution in [0.4, 0.5) is 0 Å². The number of H-pyrrole nitrogens is 1. The number of nitrogens with one attached hydrogen (secondary N) is 1. The van der Waals surface area contributed by atoms with E-state index in [9.17, 15) is 4.79 Å². The SMILES string of the molecule is Cc1[nH]c2ccccc2c1C(=O)[C@@H](C)Sc1ncccn1. The number of aromatic amines is 1. The Morgan fingerprint density at radius 3 is 2.67 bits per heavy atom. The second-order valence-electron chi connectivity index (χ2n) is 4.83. The first-order chi connectivity index (χ1) is 10.2. The van der Waals surface area contributed by atoms with Gasteiger partial charge in [0.2, 0.25) is 0 Å². The topological polar surface area (TPSA) is 58.6 Å². The van der Waals surface area contributed by atoms with Crippen molar-refractivity contribution in [3.05, 3.63) is 54.0 Å². The van der Waals surface area contributed by atoms with Gasteiger partial charge in [-0.3, -0.25) is 4.79 Å². The molecule has 1 N–H and O–H groups in total. The highest BCUT2D eigenvalue weighted by molar-refractivity contribution is 8.00. The van der Waals surface area contributed by atoms with E-state index < -0.39 is 0 Å². The van der Waals surface area contributed by atoms with E-state index in [1.54, 1.807) is 18.5 Å². The minimum atomic E-state index is -0.231. The monoisotopic (exact) mass is 297 g/mol. The van der Waals surface area contributed by atoms with Crippen molar-refractivity contribution in [2.75, 3.05) is 0 Å². The van der Waals surface area contributed by atoms with Crippen LogP contribution in [0.15, 0.2) is 47.9 Å². The molecule has 0 saturated heterocycles. The molecule has 1 aromatic carbocycles. The number of aryl methyl sites for hydroxylation is 1. The van der Waals surface area contributed by atoms with Crippen LogP contribution in [0.25, 0.3) is 10.9 Å². The zero-order valence-corrected chi connectivity index (χ0v) is 12.6. The number of benzene rings is 1. The zero-order valence-electron chi connectivity index (χ0n) is 11.8. The molecular formula is C16H15N3OS. The molecule has 3 rings (SSSR count). The van der Waals surface area contributed by atoms with Gasteiger partial charge in [-0.2, -0.15) is 0 Å². The average Bonchev–Trinajstić information content (AvgIpc) is 2.83. The maximum absolute atomic E-state index is 12.7. The second kappa shape index (κ2) is 5.69. The fourth-order valence-corrected chi connectivity index (χ4v) is 3.14. The second-order valence-corrected chi connectivity index (χ2v) is 6.13. The molecule has 0 aliphatic heterocycles. The molecule has 2 heterocycles. The number of thioether (sulfide) groups is 1. The lowest BCUT2D eigenvalue weighted by molar-refractivity contribution is 0.0995. The third kappa shape index (κ3) is 2.69. The molecule has 4 nitrogen and oxygen atoms in total. The van der Waals surface area contributed by atoms with Gasteiger partial charge in [-0.15, -0.1) is 0 Å². The van der Waals surface area contributed by atoms with Crippen LogP contribution in [0, 0.1) is 6.92 Å². The Hall–Kier alpha value is -2.14. The molecule has 0 unspecified atom stereocenters. The maximum Gasteiger partial charge on any atom is 0.188 e. The van der Waals surface area contributed by atoms with E-state index in [2.05, 4.69) is 15.0 Å². The molecule has 0 amide bonds. The van der Waals surface area contributed by atoms with E-state index in [4.69, 9.17) is 0 Å². The van der Waals surface area contributed by atoms with Gasteiger partial charge in [0.15, 0.2) is 10.9 Å². The van der Waals surface area contributed by atoms with E-state index in [-0.39, 0.29) is 11.0 Å². The van der Waals surface area contributed by atoms with E-state index >= 15 is 0 Å². The third-order valence-corrected chi connectivity index (χ3v) is 4.32. The molecular weight excluding hydrogens is 282 g/mol. The Morgan fingerprint density at radius 2 is 1.90 bits per heavy atom. The van der Waals surface area contributed by atoms with E-state index in [1.165, 1.54) is 11.8 Å². The molecule has 3 aromatic rings. The number of hydrogen-bond acceptors (Lipinski definition) is 4. The van der Waals surface area contributed by atoms with Crippen LogP contribution in [-0.4, -0.2) is 26.0 Å². The summed E-state index contributed by atoms with van der Waals surface area (Å²) in [6.07, 6.45) is 3.37. The summed E-state index contributed by atoms with van der Waals surface area (Å²) < 4.78 is 0. The smallest absolute Gasteiger partial charge is 0.188 e. The molecule has 0 radical (unpaired) electrons. The number of ketones is 1. The van der Waals surface area contributed by atoms with Gasteiger partial charge in [-0.1, -0.05) is 30.0 Å². The molecule has 0 aliphatic carbocycles. The molecule has 0 saturated carbocycles. The van der Waals surface area contributed by atoms with Crippen LogP contribution in [-0.2, 0) is 0 Å². The van der Waals surface area contributed by atoms with Gasteiger partial charge in [0.1, 0.15) is 0 Å². The summed E-state index contributed by atoms with van der Waals surface area (Å²) in [5.41, 5.74) is 2.66. The van der Waals surface area contributed by atoms with Crippen LogP contribution in [0.5, 0.6) is 0 Å². The number of carbonyl (C=O) groups excluding carboxylic acids is 1. The average molecular weight is 297 g/mol. The van der Waals surface area contributed by atoms with Crippen LogP contribution in [0.3, 0.4) is 0 Å². The fraction of sp³-hybridized carbons (Fsp3) is 0.188. The number of carbonyl (C=O) groups is 1. The molecule has 1 atom stereocenters. The van der Waals surface area contributed by atoms with Crippen LogP contribution in [0.2, 0.25) is 0 Å². The largest absolute Gasteiger partial charge is 0.358 e. The quantitative estimate of drug-likeness (QED) is 0.454. The maximum atomic E-state index is 12.7. The van der Waals surface area contributed by atoms with Crippen LogP contribution >= 0.6 is 11.8 Å². The van der Waals surface area contributed by atoms with Crippen molar-refractivity contribution >= 4 is 28.4 Å². The van der Waals surface area contributed by atoms with E-state index in [1.807, 2.05) is 38.1 Å². The number of hydrogen-bond donors (Lipinski definition) is 1. The first-order valence-electron chi connectivity index (χ1n) is 6.72. The van der Waals surface area contributed by atoms with Gasteiger partial charge in [0, 0.05) is 34.6 Å². The molecule has 21 heavy (non-hydrogen) atoms. The molecule has 0 bridgehead atoms. The van der Waals surface area contributed by atoms with Gasteiger partial charge in [-0.25, -0.2) is 9.97 Å². The standard InChI is InChI=1S/C16H15N3OS/c1-10-14(12-6-3-4-7-13(12)19-10)15(20)11(2)21-16-17-8-5-9-18-16/h3-9,11,19H,1-2H3/t11-/m1/s1. The number of rotatable bonds is 4. The normalized spacial score (nSPS) is 12.5. The van der Waals surface area contributed by atoms with Gasteiger partial charge < -0.3 is 4.98 Å². The lowest BCUT2D eigenvalue weighted by atomic mass is 10.1. The van der Waals surface area contributed by atoms with Crippen molar-refractivity contribution in [2.24, 2.45) is 0 Å². The minimum absolute atomic E-state index is 0.0994. The summed E-state index contributed by atoms with van der Waals surface area (Å²) >= 11 is 1.38. The van der Waals surface area contributed by atoms with E-state index in [0.717, 1.165) is 22.2 Å². The van der Waals surface area contributed by atoms with Crippen molar-refractivity contribution in [2.45, 2.75) is 24.3 Å². The van der Waals surface area contributed by atoms with Crippen molar-refractivity contribution in [1.29, 1.82) is 0 Å². The number of nitrogens with zero attached hydrogens (tertiary/aromatic N) is 2. The predicted octanol–water partition coefficient (Wildman–Crippen LogP) is 3.63. The summed E-state index contributed by atoms with van der Waals surface area (Å²) in [5, 5.41) is 1.36. The lowest BCUT2D eigenvalue weighted by Crippen LogP contribution is -2.14. The summed E-state index contributed by atoms with van der Waals surface area (Å²) in [5.74, 6) is 0.0994. The van der Waals surface area contributed by atoms with Crippen molar-refractivity contribution in [3.63, 3.8) is 0 Å². The summed E-state index contributed by atoms with van der Waals surface area (Å²) in [6.45, 7) is 3.83. The molecule has 0 fully saturated rings. The Kier molecular flexibility index (Phi) is 3.75. The molecule has 2 aromatic heterocycles. The Balaban J connectivity index is 1.91. The lowest BCUT2D eigenvalue weighted by Gasteiger charge is -2.09. The minimum Gasteiger partial charge on any atom is -0.358 e. The van der Waals surface area contributed by atoms with E-state index in [0.29, 0.717) is 5.16 Å². The molecule has 0 spiro atoms. The molecule has 106 valence electrons. The van der Waals surface area contributed by atoms with Gasteiger partial charge >= 0.3 is 0 Å². The van der Waals surface area contributed by atoms with Crippen LogP contribution < -0.4 is 0 Å². The number of aromatic nitrogens is 3. The Morgan fingerprint density at radius 1 is 1.19 bits per heavy atom. The summed E-state index contributed by atoms with van der Waals surface area (Å²) in [7, 11) is 0. The van der Waals surface area contributed by atoms with Crippen molar-refractivity contribution < 1.29 is 4.79 Å². The number of para-hydroxylation sites is 1. The first kappa shape index (κ1) is 13.8. The Bertz CT molecular complexity index is 783. The van der Waals surface area contributed by atoms with Gasteiger partial charge in [0.25, 0.3) is 0 Å². The van der Waals surface area contributed by atoms with Crippen molar-refractivity contribution in [3.8, 4) is 0 Å². The number of Topliss-reactive ketones (excluding diaryl/α,β-unsaturated/α-hetero) is 1. The highest BCUT2D eigenvalue weighted by Gasteiger charge is 2.22. The van der Waals surface area contributed by atoms with Gasteiger partial charge in [-0.05, 0) is 26.0 Å². The van der Waals surface area contributed by atoms with Crippen LogP contribution in [0.1, 0.15) is 23.0 Å². The first-order valence-corrected chi connectivity index (χ1v) is 7.60. The zero-order chi connectivity index (χ0) is 14.8. The number of fused-ring (bicyclic) bond motifs is 1. The molecule has 0 aliphatic rings. The highest BCUT2D eigenvalue weighted by Crippen LogP contribution is 2.28. The predicted molar refractivity (Wildman–Crippen MR) is 84.7 cm³/mol. The molecule has 5 heteroatoms. The fourth-order valence-electron chi connectivity index (χ4n) is 2.36. The third-order valence-electron chi connectivity index (χ3n) is 3.33. The van der Waals surface area contributed by atoms with Gasteiger partial charge in [0.05, 0.1) is 5.25 Å². The highest BCUT2D eigenvalue weighted by atomic mass is 32.2.